The van der Waals surface area contributed by atoms with Gasteiger partial charge in [0.25, 0.3) is 4.20 Å². The Morgan fingerprint density at radius 1 is 0.773 bits per heavy atom. The maximum absolute atomic E-state index is 12.7. The molecule has 0 aliphatic rings. The lowest BCUT2D eigenvalue weighted by Gasteiger charge is -2.23. The first-order chi connectivity index (χ1) is 10.3. The molecule has 0 saturated heterocycles. The average molecular weight is 338 g/mol. The molecule has 0 atom stereocenters. The third kappa shape index (κ3) is 2.34. The van der Waals surface area contributed by atoms with E-state index in [9.17, 15) is 16.8 Å². The van der Waals surface area contributed by atoms with Gasteiger partial charge >= 0.3 is 0 Å². The van der Waals surface area contributed by atoms with Crippen LogP contribution in [0.25, 0.3) is 0 Å². The molecule has 2 rings (SSSR count). The van der Waals surface area contributed by atoms with E-state index in [1.54, 1.807) is 12.1 Å². The minimum absolute atomic E-state index is 0.201. The van der Waals surface area contributed by atoms with Gasteiger partial charge in [0.05, 0.1) is 9.79 Å². The number of nitrogens with zero attached hydrogens (tertiary/aromatic N) is 1. The Morgan fingerprint density at radius 3 is 1.36 bits per heavy atom. The smallest absolute Gasteiger partial charge is 0.220 e. The largest absolute Gasteiger partial charge is 0.286 e. The number of sulfone groups is 2. The van der Waals surface area contributed by atoms with Crippen LogP contribution in [-0.4, -0.2) is 21.0 Å². The number of benzene rings is 2. The molecule has 8 heteroatoms. The van der Waals surface area contributed by atoms with Crippen LogP contribution in [0.3, 0.4) is 0 Å². The van der Waals surface area contributed by atoms with Crippen LogP contribution in [-0.2, 0) is 19.7 Å². The first-order valence-corrected chi connectivity index (χ1v) is 9.22. The lowest BCUT2D eigenvalue weighted by molar-refractivity contribution is 0.543. The second-order valence-corrected chi connectivity index (χ2v) is 9.45. The van der Waals surface area contributed by atoms with Crippen LogP contribution in [0.15, 0.2) is 75.6 Å². The normalized spacial score (nSPS) is 12.8. The third-order valence-electron chi connectivity index (χ3n) is 3.31. The first-order valence-electron chi connectivity index (χ1n) is 6.25. The van der Waals surface area contributed by atoms with Gasteiger partial charge < -0.3 is 0 Å². The van der Waals surface area contributed by atoms with Crippen molar-refractivity contribution in [2.45, 2.75) is 20.9 Å². The third-order valence-corrected chi connectivity index (χ3v) is 8.59. The zero-order valence-electron chi connectivity index (χ0n) is 11.7. The minimum Gasteiger partial charge on any atom is -0.220 e. The summed E-state index contributed by atoms with van der Waals surface area (Å²) in [6.07, 6.45) is 0. The number of nitrogens with one attached hydrogen (secondary N) is 1. The topological polar surface area (TPSA) is 104 Å². The fourth-order valence-electron chi connectivity index (χ4n) is 1.90. The number of hydrogen-bond donors (Lipinski definition) is 1. The van der Waals surface area contributed by atoms with Crippen LogP contribution in [0.4, 0.5) is 0 Å². The van der Waals surface area contributed by atoms with E-state index in [1.807, 2.05) is 0 Å². The lowest BCUT2D eigenvalue weighted by Crippen LogP contribution is -2.41. The predicted molar refractivity (Wildman–Crippen MR) is 80.8 cm³/mol. The molecule has 6 nitrogen and oxygen atoms in total. The monoisotopic (exact) mass is 338 g/mol. The molecule has 0 heterocycles. The van der Waals surface area contributed by atoms with Gasteiger partial charge in [-0.25, -0.2) is 22.4 Å². The molecule has 0 bridgehead atoms. The van der Waals surface area contributed by atoms with Gasteiger partial charge in [-0.2, -0.15) is 5.11 Å². The zero-order chi connectivity index (χ0) is 16.4. The number of rotatable bonds is 5. The molecule has 1 N–H and O–H groups in total. The fourth-order valence-corrected chi connectivity index (χ4v) is 5.78. The quantitative estimate of drug-likeness (QED) is 0.846. The van der Waals surface area contributed by atoms with Gasteiger partial charge in [0, 0.05) is 0 Å². The van der Waals surface area contributed by atoms with Crippen LogP contribution < -0.4 is 0 Å². The van der Waals surface area contributed by atoms with Crippen molar-refractivity contribution in [1.29, 1.82) is 5.53 Å². The van der Waals surface area contributed by atoms with E-state index >= 15 is 0 Å². The summed E-state index contributed by atoms with van der Waals surface area (Å²) < 4.78 is 48.2. The lowest BCUT2D eigenvalue weighted by atomic mass is 10.4. The molecule has 0 saturated carbocycles. The molecular formula is C14H14N2O4S2. The Hall–Kier alpha value is -2.06. The van der Waals surface area contributed by atoms with Crippen molar-refractivity contribution in [2.24, 2.45) is 5.11 Å². The first kappa shape index (κ1) is 16.3. The van der Waals surface area contributed by atoms with Gasteiger partial charge in [-0.15, -0.1) is 0 Å². The molecule has 0 aromatic heterocycles. The Morgan fingerprint density at radius 2 is 1.09 bits per heavy atom. The predicted octanol–water partition coefficient (Wildman–Crippen LogP) is 2.64. The molecule has 2 aromatic carbocycles. The summed E-state index contributed by atoms with van der Waals surface area (Å²) in [6.45, 7) is 0.921. The van der Waals surface area contributed by atoms with Crippen molar-refractivity contribution >= 4 is 19.7 Å². The van der Waals surface area contributed by atoms with Gasteiger partial charge in [-0.05, 0) is 31.2 Å². The summed E-state index contributed by atoms with van der Waals surface area (Å²) in [5.74, 6) is 0. The standard InChI is InChI=1S/C14H14N2O4S2/c1-14(16-15,21(17,18)12-8-4-2-5-9-12)22(19,20)13-10-6-3-7-11-13/h2-11,15H,1H3. The van der Waals surface area contributed by atoms with E-state index in [1.165, 1.54) is 48.5 Å². The second kappa shape index (κ2) is 5.62. The molecule has 0 aliphatic heterocycles. The van der Waals surface area contributed by atoms with Gasteiger partial charge in [0.1, 0.15) is 0 Å². The minimum atomic E-state index is -4.40. The Kier molecular flexibility index (Phi) is 4.17. The van der Waals surface area contributed by atoms with Crippen molar-refractivity contribution in [1.82, 2.24) is 0 Å². The Bertz CT molecular complexity index is 807. The zero-order valence-corrected chi connectivity index (χ0v) is 13.3. The van der Waals surface area contributed by atoms with E-state index in [2.05, 4.69) is 5.11 Å². The summed E-state index contributed by atoms with van der Waals surface area (Å²) >= 11 is 0. The average Bonchev–Trinajstić information content (AvgIpc) is 2.55. The van der Waals surface area contributed by atoms with E-state index in [4.69, 9.17) is 5.53 Å². The SMILES string of the molecule is CC(N=N)(S(=O)(=O)c1ccccc1)S(=O)(=O)c1ccccc1. The van der Waals surface area contributed by atoms with E-state index in [0.29, 0.717) is 0 Å². The number of hydrogen-bond acceptors (Lipinski definition) is 6. The molecule has 0 spiro atoms. The van der Waals surface area contributed by atoms with Gasteiger partial charge in [-0.1, -0.05) is 36.4 Å². The molecule has 22 heavy (non-hydrogen) atoms. The maximum Gasteiger partial charge on any atom is 0.286 e. The highest BCUT2D eigenvalue weighted by molar-refractivity contribution is 8.10. The maximum atomic E-state index is 12.7. The van der Waals surface area contributed by atoms with Crippen molar-refractivity contribution in [3.05, 3.63) is 60.7 Å². The van der Waals surface area contributed by atoms with Crippen molar-refractivity contribution in [3.8, 4) is 0 Å². The van der Waals surface area contributed by atoms with Crippen LogP contribution in [0, 0.1) is 5.53 Å². The van der Waals surface area contributed by atoms with Gasteiger partial charge in [0.2, 0.25) is 19.7 Å². The molecule has 0 unspecified atom stereocenters. The Balaban J connectivity index is 2.71. The van der Waals surface area contributed by atoms with Crippen molar-refractivity contribution in [2.75, 3.05) is 0 Å². The molecule has 0 amide bonds. The van der Waals surface area contributed by atoms with Crippen LogP contribution in [0.2, 0.25) is 0 Å². The molecular weight excluding hydrogens is 324 g/mol. The summed E-state index contributed by atoms with van der Waals surface area (Å²) in [4.78, 5) is -0.402. The summed E-state index contributed by atoms with van der Waals surface area (Å²) in [6, 6.07) is 14.2. The second-order valence-electron chi connectivity index (χ2n) is 4.64. The summed E-state index contributed by atoms with van der Waals surface area (Å²) in [5.41, 5.74) is 7.23. The van der Waals surface area contributed by atoms with Gasteiger partial charge in [-0.3, -0.25) is 0 Å². The highest BCUT2D eigenvalue weighted by atomic mass is 32.3. The van der Waals surface area contributed by atoms with E-state index in [-0.39, 0.29) is 9.79 Å². The summed E-state index contributed by atoms with van der Waals surface area (Å²) in [7, 11) is -8.80. The molecule has 116 valence electrons. The molecule has 0 aliphatic carbocycles. The van der Waals surface area contributed by atoms with Crippen molar-refractivity contribution < 1.29 is 16.8 Å². The highest BCUT2D eigenvalue weighted by Gasteiger charge is 2.53. The molecule has 2 aromatic rings. The molecule has 0 radical (unpaired) electrons. The molecule has 0 fully saturated rings. The van der Waals surface area contributed by atoms with Crippen LogP contribution in [0.1, 0.15) is 6.92 Å². The fraction of sp³-hybridized carbons (Fsp3) is 0.143. The highest BCUT2D eigenvalue weighted by Crippen LogP contribution is 2.36. The van der Waals surface area contributed by atoms with Crippen LogP contribution >= 0.6 is 0 Å². The summed E-state index contributed by atoms with van der Waals surface area (Å²) in [5, 5.41) is 2.99. The van der Waals surface area contributed by atoms with Gasteiger partial charge in [0.15, 0.2) is 0 Å². The van der Waals surface area contributed by atoms with Crippen LogP contribution in [0.5, 0.6) is 0 Å². The van der Waals surface area contributed by atoms with Crippen molar-refractivity contribution in [3.63, 3.8) is 0 Å². The van der Waals surface area contributed by atoms with E-state index < -0.39 is 23.9 Å². The van der Waals surface area contributed by atoms with E-state index in [0.717, 1.165) is 6.92 Å². The Labute approximate surface area is 129 Å².